The van der Waals surface area contributed by atoms with E-state index in [1.807, 2.05) is 0 Å². The van der Waals surface area contributed by atoms with Crippen LogP contribution >= 0.6 is 0 Å². The Morgan fingerprint density at radius 2 is 1.65 bits per heavy atom. The minimum Gasteiger partial charge on any atom is -0.384 e. The van der Waals surface area contributed by atoms with Gasteiger partial charge in [0.1, 0.15) is 0 Å². The summed E-state index contributed by atoms with van der Waals surface area (Å²) < 4.78 is 0. The highest BCUT2D eigenvalue weighted by Gasteiger charge is 2.10. The third-order valence-electron chi connectivity index (χ3n) is 3.66. The van der Waals surface area contributed by atoms with Crippen molar-refractivity contribution in [2.75, 3.05) is 11.9 Å². The van der Waals surface area contributed by atoms with Crippen LogP contribution < -0.4 is 5.32 Å². The maximum Gasteiger partial charge on any atom is 0.0379 e. The molecular formula is C16H17N. The highest BCUT2D eigenvalue weighted by molar-refractivity contribution is 5.72. The van der Waals surface area contributed by atoms with Gasteiger partial charge in [-0.1, -0.05) is 30.3 Å². The van der Waals surface area contributed by atoms with Crippen LogP contribution in [0.5, 0.6) is 0 Å². The van der Waals surface area contributed by atoms with Gasteiger partial charge in [-0.3, -0.25) is 0 Å². The van der Waals surface area contributed by atoms with Crippen molar-refractivity contribution in [3.05, 3.63) is 53.1 Å². The van der Waals surface area contributed by atoms with Crippen LogP contribution in [0, 0.1) is 13.8 Å². The summed E-state index contributed by atoms with van der Waals surface area (Å²) in [6, 6.07) is 13.4. The average molecular weight is 223 g/mol. The Morgan fingerprint density at radius 1 is 0.882 bits per heavy atom. The summed E-state index contributed by atoms with van der Waals surface area (Å²) in [4.78, 5) is 0. The molecule has 17 heavy (non-hydrogen) atoms. The highest BCUT2D eigenvalue weighted by atomic mass is 14.9. The quantitative estimate of drug-likeness (QED) is 0.772. The first-order chi connectivity index (χ1) is 8.24. The molecule has 0 saturated carbocycles. The molecule has 2 aromatic rings. The molecule has 1 heterocycles. The van der Waals surface area contributed by atoms with E-state index in [2.05, 4.69) is 55.6 Å². The van der Waals surface area contributed by atoms with E-state index in [0.29, 0.717) is 0 Å². The first-order valence-corrected chi connectivity index (χ1v) is 6.18. The van der Waals surface area contributed by atoms with Crippen LogP contribution in [0.15, 0.2) is 36.4 Å². The zero-order valence-corrected chi connectivity index (χ0v) is 10.4. The van der Waals surface area contributed by atoms with Crippen LogP contribution in [0.3, 0.4) is 0 Å². The molecule has 0 saturated heterocycles. The zero-order chi connectivity index (χ0) is 11.8. The van der Waals surface area contributed by atoms with E-state index in [9.17, 15) is 0 Å². The SMILES string of the molecule is Cc1ccc(-c2ccc3c(c2)NCC3)cc1C. The number of aryl methyl sites for hydroxylation is 2. The zero-order valence-electron chi connectivity index (χ0n) is 10.4. The molecule has 0 atom stereocenters. The Morgan fingerprint density at radius 3 is 2.47 bits per heavy atom. The summed E-state index contributed by atoms with van der Waals surface area (Å²) in [5.74, 6) is 0. The Balaban J connectivity index is 2.06. The van der Waals surface area contributed by atoms with E-state index in [0.717, 1.165) is 13.0 Å². The van der Waals surface area contributed by atoms with Gasteiger partial charge in [0.2, 0.25) is 0 Å². The molecule has 0 spiro atoms. The van der Waals surface area contributed by atoms with Crippen molar-refractivity contribution in [1.82, 2.24) is 0 Å². The number of rotatable bonds is 1. The van der Waals surface area contributed by atoms with E-state index >= 15 is 0 Å². The topological polar surface area (TPSA) is 12.0 Å². The third-order valence-corrected chi connectivity index (χ3v) is 3.66. The third kappa shape index (κ3) is 1.82. The van der Waals surface area contributed by atoms with E-state index in [-0.39, 0.29) is 0 Å². The molecule has 1 nitrogen and oxygen atoms in total. The lowest BCUT2D eigenvalue weighted by atomic mass is 9.99. The lowest BCUT2D eigenvalue weighted by molar-refractivity contribution is 1.11. The number of fused-ring (bicyclic) bond motifs is 1. The first kappa shape index (κ1) is 10.4. The fraction of sp³-hybridized carbons (Fsp3) is 0.250. The number of nitrogens with one attached hydrogen (secondary N) is 1. The van der Waals surface area contributed by atoms with Crippen LogP contribution in [0.4, 0.5) is 5.69 Å². The van der Waals surface area contributed by atoms with Gasteiger partial charge >= 0.3 is 0 Å². The molecule has 0 aromatic heterocycles. The molecular weight excluding hydrogens is 206 g/mol. The van der Waals surface area contributed by atoms with Crippen LogP contribution in [-0.2, 0) is 6.42 Å². The molecule has 1 aliphatic rings. The van der Waals surface area contributed by atoms with E-state index < -0.39 is 0 Å². The average Bonchev–Trinajstić information content (AvgIpc) is 2.79. The lowest BCUT2D eigenvalue weighted by Gasteiger charge is -2.08. The van der Waals surface area contributed by atoms with Crippen molar-refractivity contribution in [3.63, 3.8) is 0 Å². The van der Waals surface area contributed by atoms with Gasteiger partial charge in [0.25, 0.3) is 0 Å². The largest absolute Gasteiger partial charge is 0.384 e. The van der Waals surface area contributed by atoms with Gasteiger partial charge in [-0.05, 0) is 54.2 Å². The van der Waals surface area contributed by atoms with E-state index in [1.54, 1.807) is 0 Å². The Hall–Kier alpha value is -1.76. The van der Waals surface area contributed by atoms with Gasteiger partial charge in [-0.2, -0.15) is 0 Å². The van der Waals surface area contributed by atoms with Gasteiger partial charge in [0.15, 0.2) is 0 Å². The van der Waals surface area contributed by atoms with Crippen molar-refractivity contribution in [2.24, 2.45) is 0 Å². The minimum atomic E-state index is 1.08. The van der Waals surface area contributed by atoms with Crippen molar-refractivity contribution in [1.29, 1.82) is 0 Å². The van der Waals surface area contributed by atoms with Crippen molar-refractivity contribution >= 4 is 5.69 Å². The number of benzene rings is 2. The van der Waals surface area contributed by atoms with Gasteiger partial charge in [0.05, 0.1) is 0 Å². The molecule has 0 amide bonds. The molecule has 0 radical (unpaired) electrons. The molecule has 2 aromatic carbocycles. The summed E-state index contributed by atoms with van der Waals surface area (Å²) in [7, 11) is 0. The summed E-state index contributed by atoms with van der Waals surface area (Å²) >= 11 is 0. The molecule has 1 N–H and O–H groups in total. The standard InChI is InChI=1S/C16H17N/c1-11-3-4-14(9-12(11)2)15-6-5-13-7-8-17-16(13)10-15/h3-6,9-10,17H,7-8H2,1-2H3. The van der Waals surface area contributed by atoms with E-state index in [1.165, 1.54) is 33.5 Å². The molecule has 0 aliphatic carbocycles. The second-order valence-electron chi connectivity index (χ2n) is 4.85. The fourth-order valence-electron chi connectivity index (χ4n) is 2.39. The number of hydrogen-bond donors (Lipinski definition) is 1. The molecule has 86 valence electrons. The second kappa shape index (κ2) is 3.92. The van der Waals surface area contributed by atoms with Crippen molar-refractivity contribution < 1.29 is 0 Å². The highest BCUT2D eigenvalue weighted by Crippen LogP contribution is 2.29. The van der Waals surface area contributed by atoms with Gasteiger partial charge in [-0.15, -0.1) is 0 Å². The van der Waals surface area contributed by atoms with Gasteiger partial charge in [-0.25, -0.2) is 0 Å². The summed E-state index contributed by atoms with van der Waals surface area (Å²) in [6.45, 7) is 5.40. The Kier molecular flexibility index (Phi) is 2.40. The normalized spacial score (nSPS) is 13.3. The number of anilines is 1. The summed E-state index contributed by atoms with van der Waals surface area (Å²) in [5.41, 5.74) is 8.08. The Labute approximate surface area is 102 Å². The maximum absolute atomic E-state index is 3.44. The van der Waals surface area contributed by atoms with Crippen LogP contribution in [0.2, 0.25) is 0 Å². The predicted octanol–water partition coefficient (Wildman–Crippen LogP) is 3.94. The van der Waals surface area contributed by atoms with Crippen molar-refractivity contribution in [2.45, 2.75) is 20.3 Å². The predicted molar refractivity (Wildman–Crippen MR) is 73.5 cm³/mol. The second-order valence-corrected chi connectivity index (χ2v) is 4.85. The molecule has 1 heteroatoms. The molecule has 0 bridgehead atoms. The van der Waals surface area contributed by atoms with Gasteiger partial charge in [0, 0.05) is 12.2 Å². The minimum absolute atomic E-state index is 1.08. The molecule has 0 fully saturated rings. The van der Waals surface area contributed by atoms with Crippen LogP contribution in [-0.4, -0.2) is 6.54 Å². The number of hydrogen-bond acceptors (Lipinski definition) is 1. The van der Waals surface area contributed by atoms with E-state index in [4.69, 9.17) is 0 Å². The summed E-state index contributed by atoms with van der Waals surface area (Å²) in [5, 5.41) is 3.44. The lowest BCUT2D eigenvalue weighted by Crippen LogP contribution is -1.91. The monoisotopic (exact) mass is 223 g/mol. The molecule has 0 unspecified atom stereocenters. The maximum atomic E-state index is 3.44. The van der Waals surface area contributed by atoms with Crippen LogP contribution in [0.25, 0.3) is 11.1 Å². The molecule has 1 aliphatic heterocycles. The van der Waals surface area contributed by atoms with Gasteiger partial charge < -0.3 is 5.32 Å². The molecule has 3 rings (SSSR count). The Bertz CT molecular complexity index is 570. The smallest absolute Gasteiger partial charge is 0.0379 e. The summed E-state index contributed by atoms with van der Waals surface area (Å²) in [6.07, 6.45) is 1.16. The van der Waals surface area contributed by atoms with Crippen LogP contribution in [0.1, 0.15) is 16.7 Å². The first-order valence-electron chi connectivity index (χ1n) is 6.18. The van der Waals surface area contributed by atoms with Crippen molar-refractivity contribution in [3.8, 4) is 11.1 Å². The fourth-order valence-corrected chi connectivity index (χ4v) is 2.39.